The van der Waals surface area contributed by atoms with Gasteiger partial charge in [-0.2, -0.15) is 0 Å². The molecule has 0 saturated carbocycles. The van der Waals surface area contributed by atoms with E-state index in [9.17, 15) is 0 Å². The smallest absolute Gasteiger partial charge is 0.192 e. The summed E-state index contributed by atoms with van der Waals surface area (Å²) in [6.45, 7) is 29.2. The lowest BCUT2D eigenvalue weighted by Gasteiger charge is -2.42. The van der Waals surface area contributed by atoms with Crippen LogP contribution < -0.4 is 4.98 Å². The Bertz CT molecular complexity index is 338. The Hall–Kier alpha value is 0.354. The molecule has 0 bridgehead atoms. The van der Waals surface area contributed by atoms with E-state index in [4.69, 9.17) is 4.43 Å². The first kappa shape index (κ1) is 22.4. The minimum atomic E-state index is -1.66. The van der Waals surface area contributed by atoms with Crippen LogP contribution in [-0.4, -0.2) is 29.2 Å². The highest BCUT2D eigenvalue weighted by molar-refractivity contribution is 6.77. The molecule has 134 valence electrons. The van der Waals surface area contributed by atoms with Gasteiger partial charge in [-0.05, 0) is 35.5 Å². The number of rotatable bonds is 7. The Balaban J connectivity index is 4.95. The van der Waals surface area contributed by atoms with Gasteiger partial charge in [0.25, 0.3) is 0 Å². The van der Waals surface area contributed by atoms with E-state index in [0.717, 1.165) is 6.61 Å². The van der Waals surface area contributed by atoms with Gasteiger partial charge in [0.15, 0.2) is 8.32 Å². The maximum atomic E-state index is 6.51. The van der Waals surface area contributed by atoms with Gasteiger partial charge in [-0.1, -0.05) is 68.5 Å². The van der Waals surface area contributed by atoms with Crippen molar-refractivity contribution in [1.29, 1.82) is 0 Å². The summed E-state index contributed by atoms with van der Waals surface area (Å²) in [5.41, 5.74) is 0. The molecule has 0 aliphatic carbocycles. The summed E-state index contributed by atoms with van der Waals surface area (Å²) >= 11 is 0. The fourth-order valence-corrected chi connectivity index (χ4v) is 4.70. The van der Waals surface area contributed by atoms with Crippen LogP contribution in [0.3, 0.4) is 0 Å². The predicted molar refractivity (Wildman–Crippen MR) is 107 cm³/mol. The van der Waals surface area contributed by atoms with Crippen LogP contribution >= 0.6 is 0 Å². The van der Waals surface area contributed by atoms with Crippen molar-refractivity contribution in [1.82, 2.24) is 4.98 Å². The zero-order chi connectivity index (χ0) is 18.0. The fourth-order valence-electron chi connectivity index (χ4n) is 1.99. The zero-order valence-corrected chi connectivity index (χ0v) is 19.5. The predicted octanol–water partition coefficient (Wildman–Crippen LogP) is 6.02. The van der Waals surface area contributed by atoms with Gasteiger partial charge >= 0.3 is 0 Å². The van der Waals surface area contributed by atoms with Crippen LogP contribution in [-0.2, 0) is 4.43 Å². The van der Waals surface area contributed by atoms with E-state index in [0.29, 0.717) is 17.0 Å². The van der Waals surface area contributed by atoms with Crippen molar-refractivity contribution in [2.75, 3.05) is 6.61 Å². The number of nitrogens with one attached hydrogen (secondary N) is 1. The van der Waals surface area contributed by atoms with Crippen molar-refractivity contribution in [3.63, 3.8) is 0 Å². The van der Waals surface area contributed by atoms with E-state index >= 15 is 0 Å². The summed E-state index contributed by atoms with van der Waals surface area (Å²) in [5.74, 6) is 0.699. The SMILES string of the molecule is CC(C)CC(CO[Si](C)(C)C(C)(C)C)N[Si](C)(C)C(C)(C)C. The summed E-state index contributed by atoms with van der Waals surface area (Å²) in [6, 6.07) is 0.481. The van der Waals surface area contributed by atoms with E-state index in [-0.39, 0.29) is 5.04 Å². The molecule has 0 rings (SSSR count). The molecular weight excluding hydrogens is 302 g/mol. The summed E-state index contributed by atoms with van der Waals surface area (Å²) in [7, 11) is -3.16. The highest BCUT2D eigenvalue weighted by Crippen LogP contribution is 2.37. The minimum absolute atomic E-state index is 0.284. The first-order valence-electron chi connectivity index (χ1n) is 8.91. The quantitative estimate of drug-likeness (QED) is 0.570. The molecule has 0 spiro atoms. The van der Waals surface area contributed by atoms with Crippen molar-refractivity contribution < 1.29 is 4.43 Å². The van der Waals surface area contributed by atoms with Gasteiger partial charge < -0.3 is 9.41 Å². The van der Waals surface area contributed by atoms with Crippen LogP contribution in [0.1, 0.15) is 61.8 Å². The summed E-state index contributed by atoms with van der Waals surface area (Å²) in [6.07, 6.45) is 1.20. The Morgan fingerprint density at radius 1 is 0.864 bits per heavy atom. The van der Waals surface area contributed by atoms with E-state index in [1.807, 2.05) is 0 Å². The maximum absolute atomic E-state index is 6.51. The maximum Gasteiger partial charge on any atom is 0.192 e. The van der Waals surface area contributed by atoms with Crippen molar-refractivity contribution in [3.05, 3.63) is 0 Å². The lowest BCUT2D eigenvalue weighted by Crippen LogP contribution is -2.58. The molecule has 0 heterocycles. The van der Waals surface area contributed by atoms with Gasteiger partial charge in [-0.25, -0.2) is 0 Å². The average molecular weight is 346 g/mol. The molecule has 0 radical (unpaired) electrons. The van der Waals surface area contributed by atoms with Crippen LogP contribution in [0.2, 0.25) is 36.3 Å². The van der Waals surface area contributed by atoms with Crippen LogP contribution in [0.5, 0.6) is 0 Å². The zero-order valence-electron chi connectivity index (χ0n) is 17.5. The van der Waals surface area contributed by atoms with Gasteiger partial charge in [0, 0.05) is 12.6 Å². The molecule has 0 aromatic heterocycles. The third-order valence-corrected chi connectivity index (χ3v) is 15.0. The molecule has 0 aliphatic heterocycles. The van der Waals surface area contributed by atoms with Gasteiger partial charge in [-0.3, -0.25) is 0 Å². The highest BCUT2D eigenvalue weighted by Gasteiger charge is 2.40. The van der Waals surface area contributed by atoms with Gasteiger partial charge in [0.1, 0.15) is 8.24 Å². The second-order valence-electron chi connectivity index (χ2n) is 10.4. The topological polar surface area (TPSA) is 21.3 Å². The fraction of sp³-hybridized carbons (Fsp3) is 1.00. The summed E-state index contributed by atoms with van der Waals surface area (Å²) in [4.78, 5) is 4.02. The molecule has 4 heteroatoms. The number of hydrogen-bond donors (Lipinski definition) is 1. The average Bonchev–Trinajstić information content (AvgIpc) is 2.21. The van der Waals surface area contributed by atoms with Crippen molar-refractivity contribution in [2.24, 2.45) is 5.92 Å². The van der Waals surface area contributed by atoms with Gasteiger partial charge in [0.05, 0.1) is 0 Å². The summed E-state index contributed by atoms with van der Waals surface area (Å²) < 4.78 is 6.51. The lowest BCUT2D eigenvalue weighted by atomic mass is 10.1. The Morgan fingerprint density at radius 2 is 1.32 bits per heavy atom. The second kappa shape index (κ2) is 7.50. The van der Waals surface area contributed by atoms with Crippen molar-refractivity contribution in [2.45, 2.75) is 104 Å². The minimum Gasteiger partial charge on any atom is -0.415 e. The Morgan fingerprint density at radius 3 is 1.64 bits per heavy atom. The molecule has 1 N–H and O–H groups in total. The van der Waals surface area contributed by atoms with Crippen LogP contribution in [0, 0.1) is 5.92 Å². The molecule has 0 amide bonds. The molecule has 0 aromatic carbocycles. The van der Waals surface area contributed by atoms with Gasteiger partial charge in [0.2, 0.25) is 0 Å². The van der Waals surface area contributed by atoms with Crippen molar-refractivity contribution >= 4 is 16.6 Å². The molecular formula is C18H43NOSi2. The normalized spacial score (nSPS) is 16.2. The third-order valence-electron chi connectivity index (χ3n) is 5.65. The molecule has 1 unspecified atom stereocenters. The van der Waals surface area contributed by atoms with E-state index in [2.05, 4.69) is 86.6 Å². The molecule has 0 aliphatic rings. The molecule has 0 aromatic rings. The van der Waals surface area contributed by atoms with Crippen molar-refractivity contribution in [3.8, 4) is 0 Å². The van der Waals surface area contributed by atoms with E-state index < -0.39 is 16.6 Å². The third kappa shape index (κ3) is 6.85. The van der Waals surface area contributed by atoms with Crippen LogP contribution in [0.15, 0.2) is 0 Å². The lowest BCUT2D eigenvalue weighted by molar-refractivity contribution is 0.237. The Kier molecular flexibility index (Phi) is 7.62. The highest BCUT2D eigenvalue weighted by atomic mass is 28.4. The molecule has 2 nitrogen and oxygen atoms in total. The largest absolute Gasteiger partial charge is 0.415 e. The van der Waals surface area contributed by atoms with E-state index in [1.165, 1.54) is 6.42 Å². The molecule has 1 atom stereocenters. The molecule has 0 fully saturated rings. The molecule has 22 heavy (non-hydrogen) atoms. The first-order chi connectivity index (χ1) is 9.49. The standard InChI is InChI=1S/C18H43NOSi2/c1-15(2)13-16(19-21(9,10)17(3,4)5)14-20-22(11,12)18(6,7)8/h15-16,19H,13-14H2,1-12H3. The second-order valence-corrected chi connectivity index (χ2v) is 20.3. The van der Waals surface area contributed by atoms with Crippen LogP contribution in [0.25, 0.3) is 0 Å². The molecule has 0 saturated heterocycles. The monoisotopic (exact) mass is 345 g/mol. The first-order valence-corrected chi connectivity index (χ1v) is 14.8. The van der Waals surface area contributed by atoms with Crippen LogP contribution in [0.4, 0.5) is 0 Å². The van der Waals surface area contributed by atoms with Gasteiger partial charge in [-0.15, -0.1) is 0 Å². The van der Waals surface area contributed by atoms with E-state index in [1.54, 1.807) is 0 Å². The summed E-state index contributed by atoms with van der Waals surface area (Å²) in [5, 5.41) is 0.644. The number of hydrogen-bond acceptors (Lipinski definition) is 2. The Labute approximate surface area is 143 Å².